The van der Waals surface area contributed by atoms with Gasteiger partial charge in [-0.05, 0) is 44.1 Å². The molecule has 2 amide bonds. The Kier molecular flexibility index (Phi) is 6.20. The van der Waals surface area contributed by atoms with E-state index in [1.807, 2.05) is 21.6 Å². The molecule has 114 valence electrons. The SMILES string of the molecule is CSCCCCCN1CCC(=O)N2CCCCC2C1=O. The van der Waals surface area contributed by atoms with Crippen LogP contribution in [0.4, 0.5) is 0 Å². The number of nitrogens with zero attached hydrogens (tertiary/aromatic N) is 2. The molecular formula is C15H26N2O2S. The zero-order valence-electron chi connectivity index (χ0n) is 12.5. The zero-order valence-corrected chi connectivity index (χ0v) is 13.3. The van der Waals surface area contributed by atoms with Gasteiger partial charge < -0.3 is 9.80 Å². The summed E-state index contributed by atoms with van der Waals surface area (Å²) in [5, 5.41) is 0. The minimum Gasteiger partial charge on any atom is -0.340 e. The first-order valence-corrected chi connectivity index (χ1v) is 9.20. The van der Waals surface area contributed by atoms with Crippen molar-refractivity contribution in [3.8, 4) is 0 Å². The van der Waals surface area contributed by atoms with E-state index in [9.17, 15) is 9.59 Å². The van der Waals surface area contributed by atoms with Crippen LogP contribution in [0.1, 0.15) is 44.9 Å². The maximum Gasteiger partial charge on any atom is 0.245 e. The van der Waals surface area contributed by atoms with Crippen LogP contribution in [-0.2, 0) is 9.59 Å². The zero-order chi connectivity index (χ0) is 14.4. The van der Waals surface area contributed by atoms with E-state index >= 15 is 0 Å². The Morgan fingerprint density at radius 1 is 1.15 bits per heavy atom. The van der Waals surface area contributed by atoms with Crippen molar-refractivity contribution in [3.05, 3.63) is 0 Å². The van der Waals surface area contributed by atoms with Gasteiger partial charge in [-0.25, -0.2) is 0 Å². The molecule has 0 saturated carbocycles. The van der Waals surface area contributed by atoms with Crippen LogP contribution in [0.15, 0.2) is 0 Å². The molecule has 5 heteroatoms. The quantitative estimate of drug-likeness (QED) is 0.705. The molecule has 0 radical (unpaired) electrons. The maximum atomic E-state index is 12.6. The van der Waals surface area contributed by atoms with Crippen LogP contribution in [0.5, 0.6) is 0 Å². The number of hydrogen-bond acceptors (Lipinski definition) is 3. The molecule has 4 nitrogen and oxygen atoms in total. The second kappa shape index (κ2) is 7.91. The molecule has 2 rings (SSSR count). The van der Waals surface area contributed by atoms with E-state index in [-0.39, 0.29) is 17.9 Å². The van der Waals surface area contributed by atoms with Crippen LogP contribution in [0.2, 0.25) is 0 Å². The number of fused-ring (bicyclic) bond motifs is 1. The second-order valence-corrected chi connectivity index (χ2v) is 6.71. The highest BCUT2D eigenvalue weighted by Gasteiger charge is 2.37. The molecular weight excluding hydrogens is 272 g/mol. The number of amides is 2. The molecule has 1 unspecified atom stereocenters. The molecule has 20 heavy (non-hydrogen) atoms. The molecule has 2 fully saturated rings. The lowest BCUT2D eigenvalue weighted by atomic mass is 10.0. The van der Waals surface area contributed by atoms with Crippen molar-refractivity contribution in [3.63, 3.8) is 0 Å². The number of hydrogen-bond donors (Lipinski definition) is 0. The number of piperidine rings is 1. The fraction of sp³-hybridized carbons (Fsp3) is 0.867. The topological polar surface area (TPSA) is 40.6 Å². The number of carbonyl (C=O) groups excluding carboxylic acids is 2. The normalized spacial score (nSPS) is 23.8. The summed E-state index contributed by atoms with van der Waals surface area (Å²) in [5.41, 5.74) is 0. The minimum absolute atomic E-state index is 0.162. The van der Waals surface area contributed by atoms with Crippen LogP contribution < -0.4 is 0 Å². The van der Waals surface area contributed by atoms with Gasteiger partial charge in [0.25, 0.3) is 0 Å². The monoisotopic (exact) mass is 298 g/mol. The van der Waals surface area contributed by atoms with Gasteiger partial charge in [-0.1, -0.05) is 6.42 Å². The summed E-state index contributed by atoms with van der Waals surface area (Å²) in [7, 11) is 0. The summed E-state index contributed by atoms with van der Waals surface area (Å²) < 4.78 is 0. The summed E-state index contributed by atoms with van der Waals surface area (Å²) >= 11 is 1.87. The van der Waals surface area contributed by atoms with Gasteiger partial charge in [0.15, 0.2) is 0 Å². The molecule has 0 bridgehead atoms. The third-order valence-corrected chi connectivity index (χ3v) is 4.99. The lowest BCUT2D eigenvalue weighted by molar-refractivity contribution is -0.143. The standard InChI is InChI=1S/C15H26N2O2S/c1-20-12-6-2-4-9-16-11-8-14(18)17-10-5-3-7-13(17)15(16)19/h13H,2-12H2,1H3. The van der Waals surface area contributed by atoms with Crippen LogP contribution in [0.3, 0.4) is 0 Å². The summed E-state index contributed by atoms with van der Waals surface area (Å²) in [6.07, 6.45) is 9.06. The van der Waals surface area contributed by atoms with Crippen LogP contribution in [-0.4, -0.2) is 59.3 Å². The Balaban J connectivity index is 1.86. The average Bonchev–Trinajstić information content (AvgIpc) is 2.59. The number of thioether (sulfide) groups is 1. The molecule has 0 aliphatic carbocycles. The Labute approximate surface area is 126 Å². The molecule has 0 N–H and O–H groups in total. The van der Waals surface area contributed by atoms with Gasteiger partial charge >= 0.3 is 0 Å². The molecule has 2 aliphatic heterocycles. The fourth-order valence-corrected chi connectivity index (χ4v) is 3.62. The van der Waals surface area contributed by atoms with E-state index in [0.717, 1.165) is 38.8 Å². The lowest BCUT2D eigenvalue weighted by Gasteiger charge is -2.34. The molecule has 0 aromatic carbocycles. The van der Waals surface area contributed by atoms with Crippen molar-refractivity contribution in [2.75, 3.05) is 31.6 Å². The fourth-order valence-electron chi connectivity index (χ4n) is 3.13. The van der Waals surface area contributed by atoms with Crippen molar-refractivity contribution >= 4 is 23.6 Å². The highest BCUT2D eigenvalue weighted by molar-refractivity contribution is 7.98. The third kappa shape index (κ3) is 3.90. The van der Waals surface area contributed by atoms with E-state index in [4.69, 9.17) is 0 Å². The highest BCUT2D eigenvalue weighted by atomic mass is 32.2. The Morgan fingerprint density at radius 3 is 2.80 bits per heavy atom. The van der Waals surface area contributed by atoms with Crippen molar-refractivity contribution in [2.24, 2.45) is 0 Å². The molecule has 2 heterocycles. The van der Waals surface area contributed by atoms with Gasteiger partial charge in [0.1, 0.15) is 6.04 Å². The van der Waals surface area contributed by atoms with E-state index in [1.165, 1.54) is 18.6 Å². The summed E-state index contributed by atoms with van der Waals surface area (Å²) in [4.78, 5) is 28.4. The molecule has 0 aromatic rings. The molecule has 2 aliphatic rings. The van der Waals surface area contributed by atoms with E-state index in [1.54, 1.807) is 0 Å². The predicted octanol–water partition coefficient (Wildman–Crippen LogP) is 2.13. The summed E-state index contributed by atoms with van der Waals surface area (Å²) in [6.45, 7) is 2.22. The maximum absolute atomic E-state index is 12.6. The Hall–Kier alpha value is -0.710. The van der Waals surface area contributed by atoms with E-state index < -0.39 is 0 Å². The second-order valence-electron chi connectivity index (χ2n) is 5.73. The first-order chi connectivity index (χ1) is 9.74. The van der Waals surface area contributed by atoms with Crippen molar-refractivity contribution in [2.45, 2.75) is 51.0 Å². The third-order valence-electron chi connectivity index (χ3n) is 4.29. The molecule has 2 saturated heterocycles. The van der Waals surface area contributed by atoms with Gasteiger partial charge in [0.2, 0.25) is 11.8 Å². The smallest absolute Gasteiger partial charge is 0.245 e. The van der Waals surface area contributed by atoms with Gasteiger partial charge in [-0.2, -0.15) is 11.8 Å². The van der Waals surface area contributed by atoms with E-state index in [2.05, 4.69) is 6.26 Å². The minimum atomic E-state index is -0.162. The molecule has 1 atom stereocenters. The largest absolute Gasteiger partial charge is 0.340 e. The van der Waals surface area contributed by atoms with Gasteiger partial charge in [-0.15, -0.1) is 0 Å². The number of unbranched alkanes of at least 4 members (excludes halogenated alkanes) is 2. The summed E-state index contributed by atoms with van der Waals surface area (Å²) in [5.74, 6) is 1.57. The molecule has 0 aromatic heterocycles. The van der Waals surface area contributed by atoms with Crippen LogP contribution in [0.25, 0.3) is 0 Å². The molecule has 0 spiro atoms. The first-order valence-electron chi connectivity index (χ1n) is 7.81. The first kappa shape index (κ1) is 15.7. The van der Waals surface area contributed by atoms with Crippen LogP contribution >= 0.6 is 11.8 Å². The van der Waals surface area contributed by atoms with E-state index in [0.29, 0.717) is 13.0 Å². The highest BCUT2D eigenvalue weighted by Crippen LogP contribution is 2.23. The Morgan fingerprint density at radius 2 is 2.00 bits per heavy atom. The van der Waals surface area contributed by atoms with Gasteiger partial charge in [0, 0.05) is 26.1 Å². The summed E-state index contributed by atoms with van der Waals surface area (Å²) in [6, 6.07) is -0.162. The Bertz CT molecular complexity index is 349. The number of rotatable bonds is 6. The van der Waals surface area contributed by atoms with Crippen molar-refractivity contribution < 1.29 is 9.59 Å². The average molecular weight is 298 g/mol. The van der Waals surface area contributed by atoms with Gasteiger partial charge in [0.05, 0.1) is 0 Å². The van der Waals surface area contributed by atoms with Crippen LogP contribution in [0, 0.1) is 0 Å². The van der Waals surface area contributed by atoms with Crippen molar-refractivity contribution in [1.82, 2.24) is 9.80 Å². The van der Waals surface area contributed by atoms with Gasteiger partial charge in [-0.3, -0.25) is 9.59 Å². The predicted molar refractivity (Wildman–Crippen MR) is 82.8 cm³/mol. The van der Waals surface area contributed by atoms with Crippen molar-refractivity contribution in [1.29, 1.82) is 0 Å². The number of carbonyl (C=O) groups is 2. The lowest BCUT2D eigenvalue weighted by Crippen LogP contribution is -2.49.